The van der Waals surface area contributed by atoms with E-state index < -0.39 is 18.4 Å². The maximum absolute atomic E-state index is 10.7. The number of rotatable bonds is 3. The second kappa shape index (κ2) is 5.81. The Morgan fingerprint density at radius 1 is 1.31 bits per heavy atom. The molecule has 1 heterocycles. The highest BCUT2D eigenvalue weighted by Crippen LogP contribution is 2.21. The molecule has 1 rings (SSSR count). The highest BCUT2D eigenvalue weighted by molar-refractivity contribution is 5.66. The zero-order valence-electron chi connectivity index (χ0n) is 9.34. The second-order valence-corrected chi connectivity index (χ2v) is 3.68. The molecule has 0 spiro atoms. The van der Waals surface area contributed by atoms with Gasteiger partial charge in [0.15, 0.2) is 12.4 Å². The maximum atomic E-state index is 10.7. The van der Waals surface area contributed by atoms with E-state index >= 15 is 0 Å². The summed E-state index contributed by atoms with van der Waals surface area (Å²) in [5.41, 5.74) is 0. The normalized spacial score (nSPS) is 29.6. The van der Waals surface area contributed by atoms with E-state index in [2.05, 4.69) is 0 Å². The van der Waals surface area contributed by atoms with Crippen LogP contribution in [0.2, 0.25) is 0 Å². The Kier molecular flexibility index (Phi) is 4.70. The SMILES string of the molecule is CC(=O)OC[C@@H]1CC[C@@H](OC(C)=O)[C@@H](O)O1. The fourth-order valence-corrected chi connectivity index (χ4v) is 1.51. The molecule has 3 atom stereocenters. The van der Waals surface area contributed by atoms with E-state index in [9.17, 15) is 14.7 Å². The van der Waals surface area contributed by atoms with Gasteiger partial charge in [0.05, 0.1) is 6.10 Å². The van der Waals surface area contributed by atoms with E-state index in [0.717, 1.165) is 0 Å². The van der Waals surface area contributed by atoms with Gasteiger partial charge in [-0.05, 0) is 12.8 Å². The highest BCUT2D eigenvalue weighted by atomic mass is 16.7. The summed E-state index contributed by atoms with van der Waals surface area (Å²) < 4.78 is 14.8. The number of esters is 2. The van der Waals surface area contributed by atoms with Crippen LogP contribution in [0, 0.1) is 0 Å². The Bertz CT molecular complexity index is 264. The third-order valence-corrected chi connectivity index (χ3v) is 2.21. The fourth-order valence-electron chi connectivity index (χ4n) is 1.51. The average Bonchev–Trinajstić information content (AvgIpc) is 2.18. The first-order valence-corrected chi connectivity index (χ1v) is 5.13. The number of carbonyl (C=O) groups is 2. The summed E-state index contributed by atoms with van der Waals surface area (Å²) in [6, 6.07) is 0. The van der Waals surface area contributed by atoms with Gasteiger partial charge in [-0.15, -0.1) is 0 Å². The third-order valence-electron chi connectivity index (χ3n) is 2.21. The molecule has 0 aromatic rings. The van der Waals surface area contributed by atoms with Crippen LogP contribution < -0.4 is 0 Å². The minimum absolute atomic E-state index is 0.110. The maximum Gasteiger partial charge on any atom is 0.303 e. The Morgan fingerprint density at radius 3 is 2.50 bits per heavy atom. The average molecular weight is 232 g/mol. The van der Waals surface area contributed by atoms with Gasteiger partial charge in [-0.3, -0.25) is 9.59 Å². The molecule has 0 aromatic heterocycles. The van der Waals surface area contributed by atoms with Crippen LogP contribution in [0.5, 0.6) is 0 Å². The van der Waals surface area contributed by atoms with E-state index in [1.807, 2.05) is 0 Å². The first kappa shape index (κ1) is 12.9. The van der Waals surface area contributed by atoms with Crippen molar-refractivity contribution in [1.29, 1.82) is 0 Å². The van der Waals surface area contributed by atoms with E-state index in [0.29, 0.717) is 12.8 Å². The summed E-state index contributed by atoms with van der Waals surface area (Å²) in [7, 11) is 0. The minimum atomic E-state index is -1.15. The standard InChI is InChI=1S/C10H16O6/c1-6(11)14-5-8-3-4-9(10(13)16-8)15-7(2)12/h8-10,13H,3-5H2,1-2H3/t8-,9+,10-/m0/s1. The van der Waals surface area contributed by atoms with Gasteiger partial charge in [-0.1, -0.05) is 0 Å². The van der Waals surface area contributed by atoms with Crippen molar-refractivity contribution in [1.82, 2.24) is 0 Å². The van der Waals surface area contributed by atoms with Gasteiger partial charge in [0.2, 0.25) is 0 Å². The first-order valence-electron chi connectivity index (χ1n) is 5.13. The van der Waals surface area contributed by atoms with Gasteiger partial charge in [0.25, 0.3) is 0 Å². The molecular formula is C10H16O6. The van der Waals surface area contributed by atoms with Gasteiger partial charge in [-0.2, -0.15) is 0 Å². The van der Waals surface area contributed by atoms with Crippen molar-refractivity contribution in [3.63, 3.8) is 0 Å². The van der Waals surface area contributed by atoms with Crippen molar-refractivity contribution in [2.45, 2.75) is 45.2 Å². The molecule has 0 aliphatic carbocycles. The van der Waals surface area contributed by atoms with Crippen LogP contribution in [0.25, 0.3) is 0 Å². The molecule has 1 aliphatic heterocycles. The van der Waals surface area contributed by atoms with Gasteiger partial charge in [0, 0.05) is 13.8 Å². The third kappa shape index (κ3) is 4.16. The smallest absolute Gasteiger partial charge is 0.303 e. The zero-order chi connectivity index (χ0) is 12.1. The monoisotopic (exact) mass is 232 g/mol. The van der Waals surface area contributed by atoms with Gasteiger partial charge < -0.3 is 19.3 Å². The summed E-state index contributed by atoms with van der Waals surface area (Å²) in [6.45, 7) is 2.69. The molecule has 6 nitrogen and oxygen atoms in total. The zero-order valence-corrected chi connectivity index (χ0v) is 9.34. The van der Waals surface area contributed by atoms with Crippen molar-refractivity contribution in [2.75, 3.05) is 6.61 Å². The van der Waals surface area contributed by atoms with Crippen molar-refractivity contribution in [3.8, 4) is 0 Å². The molecule has 1 aliphatic rings. The summed E-state index contributed by atoms with van der Waals surface area (Å²) in [5.74, 6) is -0.841. The summed E-state index contributed by atoms with van der Waals surface area (Å²) in [6.07, 6.45) is -1.07. The minimum Gasteiger partial charge on any atom is -0.463 e. The predicted molar refractivity (Wildman–Crippen MR) is 52.3 cm³/mol. The van der Waals surface area contributed by atoms with Crippen molar-refractivity contribution in [3.05, 3.63) is 0 Å². The van der Waals surface area contributed by atoms with Crippen LogP contribution in [0.15, 0.2) is 0 Å². The van der Waals surface area contributed by atoms with E-state index in [1.54, 1.807) is 0 Å². The van der Waals surface area contributed by atoms with E-state index in [-0.39, 0.29) is 18.7 Å². The molecule has 1 saturated heterocycles. The lowest BCUT2D eigenvalue weighted by Crippen LogP contribution is -2.42. The molecule has 0 radical (unpaired) electrons. The van der Waals surface area contributed by atoms with Gasteiger partial charge >= 0.3 is 11.9 Å². The Balaban J connectivity index is 2.33. The largest absolute Gasteiger partial charge is 0.463 e. The molecular weight excluding hydrogens is 216 g/mol. The van der Waals surface area contributed by atoms with E-state index in [4.69, 9.17) is 14.2 Å². The Morgan fingerprint density at radius 2 is 2.00 bits per heavy atom. The van der Waals surface area contributed by atoms with Crippen LogP contribution in [0.3, 0.4) is 0 Å². The Hall–Kier alpha value is -1.14. The lowest BCUT2D eigenvalue weighted by molar-refractivity contribution is -0.233. The van der Waals surface area contributed by atoms with Crippen LogP contribution >= 0.6 is 0 Å². The van der Waals surface area contributed by atoms with Crippen LogP contribution in [0.1, 0.15) is 26.7 Å². The molecule has 1 N–H and O–H groups in total. The van der Waals surface area contributed by atoms with E-state index in [1.165, 1.54) is 13.8 Å². The van der Waals surface area contributed by atoms with Crippen molar-refractivity contribution in [2.24, 2.45) is 0 Å². The lowest BCUT2D eigenvalue weighted by atomic mass is 10.1. The molecule has 1 fully saturated rings. The number of carbonyl (C=O) groups excluding carboxylic acids is 2. The van der Waals surface area contributed by atoms with Gasteiger partial charge in [-0.25, -0.2) is 0 Å². The van der Waals surface area contributed by atoms with Crippen molar-refractivity contribution < 1.29 is 28.9 Å². The fraction of sp³-hybridized carbons (Fsp3) is 0.800. The number of hydrogen-bond acceptors (Lipinski definition) is 6. The summed E-state index contributed by atoms with van der Waals surface area (Å²) in [4.78, 5) is 21.3. The molecule has 0 bridgehead atoms. The van der Waals surface area contributed by atoms with Gasteiger partial charge in [0.1, 0.15) is 6.61 Å². The molecule has 0 saturated carbocycles. The molecule has 0 unspecified atom stereocenters. The summed E-state index contributed by atoms with van der Waals surface area (Å²) >= 11 is 0. The quantitative estimate of drug-likeness (QED) is 0.688. The highest BCUT2D eigenvalue weighted by Gasteiger charge is 2.32. The molecule has 16 heavy (non-hydrogen) atoms. The number of ether oxygens (including phenoxy) is 3. The van der Waals surface area contributed by atoms with Crippen LogP contribution in [-0.2, 0) is 23.8 Å². The predicted octanol–water partition coefficient (Wildman–Crippen LogP) is -0.0214. The van der Waals surface area contributed by atoms with Crippen LogP contribution in [-0.4, -0.2) is 42.1 Å². The lowest BCUT2D eigenvalue weighted by Gasteiger charge is -2.32. The molecule has 6 heteroatoms. The summed E-state index contributed by atoms with van der Waals surface area (Å²) in [5, 5.41) is 9.51. The molecule has 92 valence electrons. The second-order valence-electron chi connectivity index (χ2n) is 3.68. The van der Waals surface area contributed by atoms with Crippen molar-refractivity contribution >= 4 is 11.9 Å². The first-order chi connectivity index (χ1) is 7.49. The molecule has 0 amide bonds. The molecule has 0 aromatic carbocycles. The Labute approximate surface area is 93.5 Å². The number of aliphatic hydroxyl groups excluding tert-OH is 1. The topological polar surface area (TPSA) is 82.1 Å². The van der Waals surface area contributed by atoms with Crippen LogP contribution in [0.4, 0.5) is 0 Å². The number of aliphatic hydroxyl groups is 1. The number of hydrogen-bond donors (Lipinski definition) is 1.